The third-order valence-electron chi connectivity index (χ3n) is 4.10. The summed E-state index contributed by atoms with van der Waals surface area (Å²) in [7, 11) is 3.87. The largest absolute Gasteiger partial charge is 0.308 e. The van der Waals surface area contributed by atoms with E-state index in [2.05, 4.69) is 15.0 Å². The Morgan fingerprint density at radius 1 is 1.41 bits per heavy atom. The lowest BCUT2D eigenvalue weighted by molar-refractivity contribution is -0.125. The molecule has 1 amide bonds. The second kappa shape index (κ2) is 6.27. The molecule has 116 valence electrons. The predicted octanol–water partition coefficient (Wildman–Crippen LogP) is 1.44. The zero-order valence-electron chi connectivity index (χ0n) is 13.0. The molecule has 22 heavy (non-hydrogen) atoms. The van der Waals surface area contributed by atoms with Crippen molar-refractivity contribution in [1.29, 1.82) is 0 Å². The number of hydrogen-bond acceptors (Lipinski definition) is 4. The molecule has 6 heteroatoms. The van der Waals surface area contributed by atoms with Crippen molar-refractivity contribution in [2.75, 3.05) is 18.5 Å². The Morgan fingerprint density at radius 3 is 2.95 bits per heavy atom. The molecule has 6 nitrogen and oxygen atoms in total. The van der Waals surface area contributed by atoms with E-state index in [0.29, 0.717) is 0 Å². The first-order valence-electron chi connectivity index (χ1n) is 7.54. The van der Waals surface area contributed by atoms with Crippen molar-refractivity contribution in [1.82, 2.24) is 19.7 Å². The van der Waals surface area contributed by atoms with E-state index in [1.54, 1.807) is 17.1 Å². The molecule has 0 aromatic carbocycles. The summed E-state index contributed by atoms with van der Waals surface area (Å²) in [5.74, 6) is 0.158. The van der Waals surface area contributed by atoms with Gasteiger partial charge in [-0.15, -0.1) is 0 Å². The molecule has 0 saturated carbocycles. The third-order valence-corrected chi connectivity index (χ3v) is 4.10. The van der Waals surface area contributed by atoms with Crippen molar-refractivity contribution in [2.45, 2.75) is 25.4 Å². The lowest BCUT2D eigenvalue weighted by Gasteiger charge is -2.36. The van der Waals surface area contributed by atoms with Gasteiger partial charge in [-0.25, -0.2) is 0 Å². The van der Waals surface area contributed by atoms with Crippen LogP contribution in [0.15, 0.2) is 36.9 Å². The number of carbonyl (C=O) groups excluding carboxylic acids is 1. The Bertz CT molecular complexity index is 639. The number of hydrogen-bond donors (Lipinski definition) is 0. The highest BCUT2D eigenvalue weighted by Crippen LogP contribution is 2.23. The Morgan fingerprint density at radius 2 is 2.27 bits per heavy atom. The molecule has 1 aliphatic heterocycles. The molecule has 0 spiro atoms. The molecule has 1 atom stereocenters. The van der Waals surface area contributed by atoms with Gasteiger partial charge in [-0.2, -0.15) is 5.10 Å². The van der Waals surface area contributed by atoms with Crippen LogP contribution in [0.3, 0.4) is 0 Å². The third kappa shape index (κ3) is 3.01. The Balaban J connectivity index is 1.72. The normalized spacial score (nSPS) is 19.0. The number of nitrogens with zero attached hydrogens (tertiary/aromatic N) is 5. The van der Waals surface area contributed by atoms with Crippen molar-refractivity contribution in [3.05, 3.63) is 42.5 Å². The highest BCUT2D eigenvalue weighted by molar-refractivity contribution is 5.97. The second-order valence-corrected chi connectivity index (χ2v) is 5.80. The summed E-state index contributed by atoms with van der Waals surface area (Å²) < 4.78 is 1.73. The highest BCUT2D eigenvalue weighted by Gasteiger charge is 2.32. The summed E-state index contributed by atoms with van der Waals surface area (Å²) in [6, 6.07) is 3.87. The summed E-state index contributed by atoms with van der Waals surface area (Å²) >= 11 is 0. The molecule has 3 heterocycles. The fourth-order valence-electron chi connectivity index (χ4n) is 2.96. The maximum Gasteiger partial charge on any atom is 0.244 e. The molecule has 0 radical (unpaired) electrons. The number of aryl methyl sites for hydroxylation is 1. The van der Waals surface area contributed by atoms with Crippen LogP contribution < -0.4 is 4.90 Å². The lowest BCUT2D eigenvalue weighted by Crippen LogP contribution is -2.51. The maximum absolute atomic E-state index is 12.8. The van der Waals surface area contributed by atoms with E-state index in [1.165, 1.54) is 0 Å². The van der Waals surface area contributed by atoms with E-state index < -0.39 is 0 Å². The van der Waals surface area contributed by atoms with Gasteiger partial charge >= 0.3 is 0 Å². The minimum absolute atomic E-state index is 0.0887. The number of amides is 1. The SMILES string of the molecule is CN(Cc1cccnc1)C1CCCN(c2cnn(C)c2)C1=O. The van der Waals surface area contributed by atoms with Gasteiger partial charge in [0.25, 0.3) is 0 Å². The van der Waals surface area contributed by atoms with Gasteiger partial charge in [-0.1, -0.05) is 6.07 Å². The molecule has 1 aliphatic rings. The maximum atomic E-state index is 12.8. The minimum atomic E-state index is -0.0887. The number of likely N-dealkylation sites (N-methyl/N-ethyl adjacent to an activating group) is 1. The van der Waals surface area contributed by atoms with E-state index in [9.17, 15) is 4.79 Å². The first-order valence-corrected chi connectivity index (χ1v) is 7.54. The van der Waals surface area contributed by atoms with Gasteiger partial charge in [0.05, 0.1) is 17.9 Å². The molecule has 0 aliphatic carbocycles. The van der Waals surface area contributed by atoms with Gasteiger partial charge in [0.15, 0.2) is 0 Å². The molecule has 3 rings (SSSR count). The molecular formula is C16H21N5O. The van der Waals surface area contributed by atoms with E-state index in [4.69, 9.17) is 0 Å². The van der Waals surface area contributed by atoms with Gasteiger partial charge in [0.1, 0.15) is 0 Å². The van der Waals surface area contributed by atoms with Crippen molar-refractivity contribution in [2.24, 2.45) is 7.05 Å². The van der Waals surface area contributed by atoms with Crippen LogP contribution in [-0.2, 0) is 18.4 Å². The first-order chi connectivity index (χ1) is 10.6. The highest BCUT2D eigenvalue weighted by atomic mass is 16.2. The first kappa shape index (κ1) is 14.7. The topological polar surface area (TPSA) is 54.3 Å². The Labute approximate surface area is 130 Å². The quantitative estimate of drug-likeness (QED) is 0.857. The van der Waals surface area contributed by atoms with Crippen LogP contribution in [0.25, 0.3) is 0 Å². The average Bonchev–Trinajstić information content (AvgIpc) is 2.94. The number of rotatable bonds is 4. The smallest absolute Gasteiger partial charge is 0.244 e. The number of aromatic nitrogens is 3. The Kier molecular flexibility index (Phi) is 4.20. The lowest BCUT2D eigenvalue weighted by atomic mass is 10.0. The van der Waals surface area contributed by atoms with Crippen LogP contribution in [0.2, 0.25) is 0 Å². The molecule has 1 saturated heterocycles. The van der Waals surface area contributed by atoms with Crippen molar-refractivity contribution >= 4 is 11.6 Å². The Hall–Kier alpha value is -2.21. The van der Waals surface area contributed by atoms with Crippen molar-refractivity contribution in [3.63, 3.8) is 0 Å². The second-order valence-electron chi connectivity index (χ2n) is 5.80. The summed E-state index contributed by atoms with van der Waals surface area (Å²) in [5.41, 5.74) is 2.00. The standard InChI is InChI=1S/C16H21N5O/c1-19(11-13-5-3-7-17-9-13)15-6-4-8-21(16(15)22)14-10-18-20(2)12-14/h3,5,7,9-10,12,15H,4,6,8,11H2,1-2H3. The molecule has 1 unspecified atom stereocenters. The van der Waals surface area contributed by atoms with E-state index in [1.807, 2.05) is 43.5 Å². The summed E-state index contributed by atoms with van der Waals surface area (Å²) in [6.45, 7) is 1.49. The van der Waals surface area contributed by atoms with Gasteiger partial charge in [0.2, 0.25) is 5.91 Å². The van der Waals surface area contributed by atoms with E-state index >= 15 is 0 Å². The summed E-state index contributed by atoms with van der Waals surface area (Å²) in [6.07, 6.45) is 9.15. The van der Waals surface area contributed by atoms with Crippen LogP contribution in [0.1, 0.15) is 18.4 Å². The minimum Gasteiger partial charge on any atom is -0.308 e. The number of carbonyl (C=O) groups is 1. The number of anilines is 1. The van der Waals surface area contributed by atoms with Crippen LogP contribution >= 0.6 is 0 Å². The fourth-order valence-corrected chi connectivity index (χ4v) is 2.96. The van der Waals surface area contributed by atoms with Gasteiger partial charge in [-0.05, 0) is 31.5 Å². The van der Waals surface area contributed by atoms with Crippen LogP contribution in [0, 0.1) is 0 Å². The summed E-state index contributed by atoms with van der Waals surface area (Å²) in [5, 5.41) is 4.16. The fraction of sp³-hybridized carbons (Fsp3) is 0.438. The van der Waals surface area contributed by atoms with E-state index in [0.717, 1.165) is 37.2 Å². The van der Waals surface area contributed by atoms with Gasteiger partial charge in [0, 0.05) is 38.7 Å². The monoisotopic (exact) mass is 299 g/mol. The molecule has 2 aromatic heterocycles. The van der Waals surface area contributed by atoms with Gasteiger partial charge < -0.3 is 4.90 Å². The molecule has 2 aromatic rings. The van der Waals surface area contributed by atoms with Gasteiger partial charge in [-0.3, -0.25) is 19.4 Å². The molecule has 0 N–H and O–H groups in total. The summed E-state index contributed by atoms with van der Waals surface area (Å²) in [4.78, 5) is 20.9. The molecule has 0 bridgehead atoms. The van der Waals surface area contributed by atoms with Crippen molar-refractivity contribution < 1.29 is 4.79 Å². The van der Waals surface area contributed by atoms with Crippen LogP contribution in [0.4, 0.5) is 5.69 Å². The van der Waals surface area contributed by atoms with Crippen LogP contribution in [0.5, 0.6) is 0 Å². The number of piperidine rings is 1. The van der Waals surface area contributed by atoms with Crippen molar-refractivity contribution in [3.8, 4) is 0 Å². The average molecular weight is 299 g/mol. The molecular weight excluding hydrogens is 278 g/mol. The van der Waals surface area contributed by atoms with E-state index in [-0.39, 0.29) is 11.9 Å². The zero-order valence-corrected chi connectivity index (χ0v) is 13.0. The zero-order chi connectivity index (χ0) is 15.5. The number of pyridine rings is 1. The molecule has 1 fully saturated rings. The van der Waals surface area contributed by atoms with Crippen LogP contribution in [-0.4, -0.2) is 45.2 Å². The predicted molar refractivity (Wildman–Crippen MR) is 84.3 cm³/mol.